The van der Waals surface area contributed by atoms with Crippen molar-refractivity contribution in [3.8, 4) is 0 Å². The van der Waals surface area contributed by atoms with Crippen molar-refractivity contribution in [2.24, 2.45) is 0 Å². The molecule has 0 aliphatic rings. The van der Waals surface area contributed by atoms with Gasteiger partial charge in [0.1, 0.15) is 10.7 Å². The second-order valence-electron chi connectivity index (χ2n) is 3.50. The molecule has 3 N–H and O–H groups in total. The molecule has 0 spiro atoms. The van der Waals surface area contributed by atoms with E-state index in [1.165, 1.54) is 24.4 Å². The van der Waals surface area contributed by atoms with Gasteiger partial charge in [0.25, 0.3) is 10.0 Å². The number of nitrogens with two attached hydrogens (primary N) is 1. The van der Waals surface area contributed by atoms with Gasteiger partial charge >= 0.3 is 0 Å². The summed E-state index contributed by atoms with van der Waals surface area (Å²) in [5.74, 6) is -0.0490. The maximum Gasteiger partial charge on any atom is 0.265 e. The molecule has 0 fully saturated rings. The Morgan fingerprint density at radius 1 is 1.22 bits per heavy atom. The first kappa shape index (κ1) is 12.7. The minimum atomic E-state index is -3.76. The summed E-state index contributed by atoms with van der Waals surface area (Å²) in [5, 5.41) is 0.439. The number of nitrogens with one attached hydrogen (secondary N) is 1. The molecular weight excluding hydrogens is 274 g/mol. The van der Waals surface area contributed by atoms with Crippen LogP contribution >= 0.6 is 11.6 Å². The molecule has 0 unspecified atom stereocenters. The van der Waals surface area contributed by atoms with Crippen molar-refractivity contribution < 1.29 is 8.42 Å². The highest BCUT2D eigenvalue weighted by Gasteiger charge is 2.17. The topological polar surface area (TPSA) is 85.1 Å². The molecule has 2 rings (SSSR count). The normalized spacial score (nSPS) is 11.2. The first-order valence-electron chi connectivity index (χ1n) is 4.98. The van der Waals surface area contributed by atoms with E-state index in [9.17, 15) is 8.42 Å². The molecule has 1 aromatic heterocycles. The van der Waals surface area contributed by atoms with Crippen LogP contribution < -0.4 is 10.5 Å². The third-order valence-corrected chi connectivity index (χ3v) is 3.83. The van der Waals surface area contributed by atoms with Crippen LogP contribution in [0, 0.1) is 0 Å². The molecule has 0 aliphatic heterocycles. The second kappa shape index (κ2) is 4.83. The summed E-state index contributed by atoms with van der Waals surface area (Å²) in [4.78, 5) is 3.67. The molecule has 0 saturated heterocycles. The summed E-state index contributed by atoms with van der Waals surface area (Å²) in [6, 6.07) is 9.28. The van der Waals surface area contributed by atoms with E-state index in [4.69, 9.17) is 17.3 Å². The summed E-state index contributed by atoms with van der Waals surface area (Å²) in [7, 11) is -3.76. The largest absolute Gasteiger partial charge is 0.383 e. The van der Waals surface area contributed by atoms with Gasteiger partial charge in [0.15, 0.2) is 0 Å². The average Bonchev–Trinajstić information content (AvgIpc) is 2.28. The van der Waals surface area contributed by atoms with Gasteiger partial charge in [-0.15, -0.1) is 0 Å². The number of sulfonamides is 1. The van der Waals surface area contributed by atoms with Crippen LogP contribution in [0.3, 0.4) is 0 Å². The van der Waals surface area contributed by atoms with Crippen molar-refractivity contribution >= 4 is 33.1 Å². The third-order valence-electron chi connectivity index (χ3n) is 2.17. The monoisotopic (exact) mass is 283 g/mol. The molecular formula is C11H10ClN3O2S. The molecule has 5 nitrogen and oxygen atoms in total. The lowest BCUT2D eigenvalue weighted by Crippen LogP contribution is -2.15. The Kier molecular flexibility index (Phi) is 3.40. The van der Waals surface area contributed by atoms with Gasteiger partial charge in [-0.2, -0.15) is 0 Å². The Morgan fingerprint density at radius 3 is 2.67 bits per heavy atom. The van der Waals surface area contributed by atoms with Gasteiger partial charge in [0.2, 0.25) is 0 Å². The predicted molar refractivity (Wildman–Crippen MR) is 70.9 cm³/mol. The van der Waals surface area contributed by atoms with E-state index >= 15 is 0 Å². The van der Waals surface area contributed by atoms with E-state index in [-0.39, 0.29) is 10.7 Å². The Morgan fingerprint density at radius 2 is 2.00 bits per heavy atom. The molecule has 0 radical (unpaired) electrons. The third kappa shape index (κ3) is 2.72. The molecule has 2 aromatic rings. The fraction of sp³-hybridized carbons (Fsp3) is 0. The van der Waals surface area contributed by atoms with E-state index < -0.39 is 10.0 Å². The van der Waals surface area contributed by atoms with E-state index in [1.54, 1.807) is 18.2 Å². The molecule has 1 heterocycles. The maximum atomic E-state index is 12.1. The molecule has 0 saturated carbocycles. The second-order valence-corrected chi connectivity index (χ2v) is 5.59. The Hall–Kier alpha value is -1.79. The van der Waals surface area contributed by atoms with Crippen LogP contribution in [0.25, 0.3) is 0 Å². The van der Waals surface area contributed by atoms with E-state index in [0.717, 1.165) is 0 Å². The summed E-state index contributed by atoms with van der Waals surface area (Å²) >= 11 is 5.78. The van der Waals surface area contributed by atoms with Crippen molar-refractivity contribution in [1.29, 1.82) is 0 Å². The van der Waals surface area contributed by atoms with Gasteiger partial charge in [0, 0.05) is 11.2 Å². The number of anilines is 2. The number of hydrogen-bond donors (Lipinski definition) is 2. The summed E-state index contributed by atoms with van der Waals surface area (Å²) < 4.78 is 26.5. The predicted octanol–water partition coefficient (Wildman–Crippen LogP) is 2.12. The number of pyridine rings is 1. The SMILES string of the molecule is Nc1ncccc1S(=O)(=O)Nc1cccc(Cl)c1. The van der Waals surface area contributed by atoms with Gasteiger partial charge < -0.3 is 5.73 Å². The lowest BCUT2D eigenvalue weighted by molar-refractivity contribution is 0.601. The van der Waals surface area contributed by atoms with Crippen LogP contribution in [0.15, 0.2) is 47.5 Å². The molecule has 0 aliphatic carbocycles. The van der Waals surface area contributed by atoms with Gasteiger partial charge in [0.05, 0.1) is 5.69 Å². The van der Waals surface area contributed by atoms with Crippen LogP contribution in [0.5, 0.6) is 0 Å². The van der Waals surface area contributed by atoms with Gasteiger partial charge in [-0.1, -0.05) is 17.7 Å². The molecule has 1 aromatic carbocycles. The lowest BCUT2D eigenvalue weighted by atomic mass is 10.3. The van der Waals surface area contributed by atoms with Crippen LogP contribution in [0.1, 0.15) is 0 Å². The highest BCUT2D eigenvalue weighted by Crippen LogP contribution is 2.21. The minimum Gasteiger partial charge on any atom is -0.383 e. The fourth-order valence-corrected chi connectivity index (χ4v) is 2.72. The van der Waals surface area contributed by atoms with Crippen molar-refractivity contribution in [3.05, 3.63) is 47.6 Å². The van der Waals surface area contributed by atoms with E-state index in [0.29, 0.717) is 10.7 Å². The van der Waals surface area contributed by atoms with Crippen LogP contribution in [-0.2, 0) is 10.0 Å². The first-order chi connectivity index (χ1) is 8.49. The van der Waals surface area contributed by atoms with Gasteiger partial charge in [-0.05, 0) is 30.3 Å². The number of aromatic nitrogens is 1. The highest BCUT2D eigenvalue weighted by molar-refractivity contribution is 7.92. The molecule has 0 atom stereocenters. The molecule has 7 heteroatoms. The smallest absolute Gasteiger partial charge is 0.265 e. The quantitative estimate of drug-likeness (QED) is 0.903. The minimum absolute atomic E-state index is 0.0490. The van der Waals surface area contributed by atoms with Crippen molar-refractivity contribution in [3.63, 3.8) is 0 Å². The number of halogens is 1. The zero-order valence-corrected chi connectivity index (χ0v) is 10.7. The maximum absolute atomic E-state index is 12.1. The number of benzene rings is 1. The van der Waals surface area contributed by atoms with Crippen LogP contribution in [0.2, 0.25) is 5.02 Å². The van der Waals surface area contributed by atoms with Crippen molar-refractivity contribution in [2.45, 2.75) is 4.90 Å². The Bertz CT molecular complexity index is 673. The van der Waals surface area contributed by atoms with E-state index in [1.807, 2.05) is 0 Å². The van der Waals surface area contributed by atoms with Gasteiger partial charge in [-0.25, -0.2) is 13.4 Å². The number of nitrogen functional groups attached to an aromatic ring is 1. The number of rotatable bonds is 3. The molecule has 0 bridgehead atoms. The Balaban J connectivity index is 2.37. The Labute approximate surface area is 110 Å². The summed E-state index contributed by atoms with van der Waals surface area (Å²) in [5.41, 5.74) is 5.90. The van der Waals surface area contributed by atoms with E-state index in [2.05, 4.69) is 9.71 Å². The highest BCUT2D eigenvalue weighted by atomic mass is 35.5. The summed E-state index contributed by atoms with van der Waals surface area (Å²) in [6.07, 6.45) is 1.42. The molecule has 94 valence electrons. The van der Waals surface area contributed by atoms with Crippen molar-refractivity contribution in [1.82, 2.24) is 4.98 Å². The zero-order chi connectivity index (χ0) is 13.2. The van der Waals surface area contributed by atoms with Gasteiger partial charge in [-0.3, -0.25) is 4.72 Å². The van der Waals surface area contributed by atoms with Crippen molar-refractivity contribution in [2.75, 3.05) is 10.5 Å². The first-order valence-corrected chi connectivity index (χ1v) is 6.84. The molecule has 0 amide bonds. The standard InChI is InChI=1S/C11H10ClN3O2S/c12-8-3-1-4-9(7-8)15-18(16,17)10-5-2-6-14-11(10)13/h1-7,15H,(H2,13,14). The lowest BCUT2D eigenvalue weighted by Gasteiger charge is -2.09. The number of nitrogens with zero attached hydrogens (tertiary/aromatic N) is 1. The average molecular weight is 284 g/mol. The fourth-order valence-electron chi connectivity index (χ4n) is 1.39. The van der Waals surface area contributed by atoms with Crippen LogP contribution in [0.4, 0.5) is 11.5 Å². The van der Waals surface area contributed by atoms with Crippen LogP contribution in [-0.4, -0.2) is 13.4 Å². The number of hydrogen-bond acceptors (Lipinski definition) is 4. The zero-order valence-electron chi connectivity index (χ0n) is 9.17. The summed E-state index contributed by atoms with van der Waals surface area (Å²) in [6.45, 7) is 0. The molecule has 18 heavy (non-hydrogen) atoms.